The maximum atomic E-state index is 5.73. The standard InChI is InChI=1S/C16H22N2OS/c1-18(13-16-4-2-11-20-16)9-3-10-19-15-7-5-14(12-17)6-8-15/h2,4-8,11H,3,9-10,12-13,17H2,1H3. The normalized spacial score (nSPS) is 10.9. The van der Waals surface area contributed by atoms with Gasteiger partial charge >= 0.3 is 0 Å². The van der Waals surface area contributed by atoms with Crippen molar-refractivity contribution in [3.05, 3.63) is 52.2 Å². The number of hydrogen-bond donors (Lipinski definition) is 1. The van der Waals surface area contributed by atoms with E-state index in [1.807, 2.05) is 35.6 Å². The lowest BCUT2D eigenvalue weighted by molar-refractivity contribution is 0.260. The molecule has 0 aliphatic heterocycles. The van der Waals surface area contributed by atoms with Crippen molar-refractivity contribution in [2.45, 2.75) is 19.5 Å². The highest BCUT2D eigenvalue weighted by atomic mass is 32.1. The molecule has 1 aromatic heterocycles. The topological polar surface area (TPSA) is 38.5 Å². The molecule has 1 aromatic carbocycles. The van der Waals surface area contributed by atoms with E-state index in [0.717, 1.165) is 37.4 Å². The zero-order chi connectivity index (χ0) is 14.2. The van der Waals surface area contributed by atoms with Crippen molar-refractivity contribution in [1.82, 2.24) is 4.90 Å². The molecule has 0 radical (unpaired) electrons. The summed E-state index contributed by atoms with van der Waals surface area (Å²) in [5, 5.41) is 2.12. The van der Waals surface area contributed by atoms with E-state index in [4.69, 9.17) is 10.5 Å². The summed E-state index contributed by atoms with van der Waals surface area (Å²) < 4.78 is 5.73. The van der Waals surface area contributed by atoms with Crippen LogP contribution in [0.2, 0.25) is 0 Å². The molecular weight excluding hydrogens is 268 g/mol. The minimum atomic E-state index is 0.577. The zero-order valence-electron chi connectivity index (χ0n) is 11.9. The quantitative estimate of drug-likeness (QED) is 0.759. The summed E-state index contributed by atoms with van der Waals surface area (Å²) in [5.74, 6) is 0.920. The van der Waals surface area contributed by atoms with Crippen LogP contribution >= 0.6 is 11.3 Å². The average molecular weight is 290 g/mol. The maximum absolute atomic E-state index is 5.73. The van der Waals surface area contributed by atoms with Crippen molar-refractivity contribution in [3.63, 3.8) is 0 Å². The predicted octanol–water partition coefficient (Wildman–Crippen LogP) is 3.11. The minimum absolute atomic E-state index is 0.577. The smallest absolute Gasteiger partial charge is 0.119 e. The Morgan fingerprint density at radius 2 is 2.00 bits per heavy atom. The molecule has 0 fully saturated rings. The van der Waals surface area contributed by atoms with Gasteiger partial charge in [-0.05, 0) is 42.6 Å². The van der Waals surface area contributed by atoms with Gasteiger partial charge in [0.25, 0.3) is 0 Å². The van der Waals surface area contributed by atoms with Crippen LogP contribution in [0.5, 0.6) is 5.75 Å². The van der Waals surface area contributed by atoms with Crippen LogP contribution in [-0.4, -0.2) is 25.1 Å². The van der Waals surface area contributed by atoms with Crippen molar-refractivity contribution >= 4 is 11.3 Å². The second kappa shape index (κ2) is 8.04. The summed E-state index contributed by atoms with van der Waals surface area (Å²) in [4.78, 5) is 3.73. The lowest BCUT2D eigenvalue weighted by atomic mass is 10.2. The van der Waals surface area contributed by atoms with Crippen LogP contribution in [0.3, 0.4) is 0 Å². The molecule has 0 saturated heterocycles. The lowest BCUT2D eigenvalue weighted by Crippen LogP contribution is -2.20. The molecule has 0 amide bonds. The van der Waals surface area contributed by atoms with Crippen LogP contribution in [0, 0.1) is 0 Å². The van der Waals surface area contributed by atoms with Gasteiger partial charge in [-0.1, -0.05) is 18.2 Å². The number of nitrogens with zero attached hydrogens (tertiary/aromatic N) is 1. The van der Waals surface area contributed by atoms with Gasteiger partial charge in [0.15, 0.2) is 0 Å². The van der Waals surface area contributed by atoms with E-state index in [9.17, 15) is 0 Å². The Bertz CT molecular complexity index is 482. The Hall–Kier alpha value is -1.36. The van der Waals surface area contributed by atoms with E-state index in [-0.39, 0.29) is 0 Å². The maximum Gasteiger partial charge on any atom is 0.119 e. The van der Waals surface area contributed by atoms with E-state index >= 15 is 0 Å². The first-order valence-corrected chi connectivity index (χ1v) is 7.78. The summed E-state index contributed by atoms with van der Waals surface area (Å²) in [5.41, 5.74) is 6.70. The predicted molar refractivity (Wildman–Crippen MR) is 85.1 cm³/mol. The van der Waals surface area contributed by atoms with Crippen LogP contribution in [0.25, 0.3) is 0 Å². The van der Waals surface area contributed by atoms with E-state index in [1.165, 1.54) is 4.88 Å². The van der Waals surface area contributed by atoms with Crippen LogP contribution in [0.15, 0.2) is 41.8 Å². The Kier molecular flexibility index (Phi) is 6.05. The number of hydrogen-bond acceptors (Lipinski definition) is 4. The summed E-state index contributed by atoms with van der Waals surface area (Å²) in [7, 11) is 2.15. The van der Waals surface area contributed by atoms with Gasteiger partial charge in [-0.3, -0.25) is 0 Å². The van der Waals surface area contributed by atoms with E-state index in [2.05, 4.69) is 29.5 Å². The summed E-state index contributed by atoms with van der Waals surface area (Å²) in [6.45, 7) is 3.38. The molecule has 0 unspecified atom stereocenters. The Balaban J connectivity index is 1.63. The Morgan fingerprint density at radius 1 is 1.20 bits per heavy atom. The summed E-state index contributed by atoms with van der Waals surface area (Å²) in [6, 6.07) is 12.3. The van der Waals surface area contributed by atoms with Crippen molar-refractivity contribution in [1.29, 1.82) is 0 Å². The van der Waals surface area contributed by atoms with Crippen LogP contribution in [0.1, 0.15) is 16.9 Å². The first kappa shape index (κ1) is 15.0. The van der Waals surface area contributed by atoms with Gasteiger partial charge in [-0.15, -0.1) is 11.3 Å². The molecule has 0 aliphatic carbocycles. The van der Waals surface area contributed by atoms with E-state index in [0.29, 0.717) is 6.54 Å². The molecule has 3 nitrogen and oxygen atoms in total. The highest BCUT2D eigenvalue weighted by Gasteiger charge is 2.01. The minimum Gasteiger partial charge on any atom is -0.494 e. The number of nitrogens with two attached hydrogens (primary N) is 1. The number of rotatable bonds is 8. The molecule has 20 heavy (non-hydrogen) atoms. The van der Waals surface area contributed by atoms with E-state index in [1.54, 1.807) is 0 Å². The van der Waals surface area contributed by atoms with Gasteiger partial charge in [-0.2, -0.15) is 0 Å². The van der Waals surface area contributed by atoms with Crippen molar-refractivity contribution in [3.8, 4) is 5.75 Å². The third kappa shape index (κ3) is 4.96. The molecule has 0 atom stereocenters. The van der Waals surface area contributed by atoms with Crippen LogP contribution < -0.4 is 10.5 Å². The first-order valence-electron chi connectivity index (χ1n) is 6.90. The molecule has 2 aromatic rings. The fraction of sp³-hybridized carbons (Fsp3) is 0.375. The van der Waals surface area contributed by atoms with Crippen molar-refractivity contribution in [2.24, 2.45) is 5.73 Å². The molecule has 0 saturated carbocycles. The summed E-state index contributed by atoms with van der Waals surface area (Å²) in [6.07, 6.45) is 1.03. The van der Waals surface area contributed by atoms with Crippen molar-refractivity contribution < 1.29 is 4.74 Å². The van der Waals surface area contributed by atoms with Crippen molar-refractivity contribution in [2.75, 3.05) is 20.2 Å². The fourth-order valence-electron chi connectivity index (χ4n) is 1.99. The second-order valence-electron chi connectivity index (χ2n) is 4.87. The number of benzene rings is 1. The number of thiophene rings is 1. The third-order valence-corrected chi connectivity index (χ3v) is 3.98. The molecule has 108 valence electrons. The Morgan fingerprint density at radius 3 is 2.65 bits per heavy atom. The highest BCUT2D eigenvalue weighted by molar-refractivity contribution is 7.09. The highest BCUT2D eigenvalue weighted by Crippen LogP contribution is 2.13. The number of ether oxygens (including phenoxy) is 1. The second-order valence-corrected chi connectivity index (χ2v) is 5.90. The van der Waals surface area contributed by atoms with Gasteiger partial charge in [0.2, 0.25) is 0 Å². The lowest BCUT2D eigenvalue weighted by Gasteiger charge is -2.15. The average Bonchev–Trinajstić information content (AvgIpc) is 2.97. The SMILES string of the molecule is CN(CCCOc1ccc(CN)cc1)Cc1cccs1. The fourth-order valence-corrected chi connectivity index (χ4v) is 2.78. The van der Waals surface area contributed by atoms with Crippen LogP contribution in [0.4, 0.5) is 0 Å². The zero-order valence-corrected chi connectivity index (χ0v) is 12.7. The largest absolute Gasteiger partial charge is 0.494 e. The molecule has 2 rings (SSSR count). The van der Waals surface area contributed by atoms with Gasteiger partial charge in [-0.25, -0.2) is 0 Å². The molecule has 0 aliphatic rings. The molecule has 4 heteroatoms. The molecule has 0 spiro atoms. The first-order chi connectivity index (χ1) is 9.78. The van der Waals surface area contributed by atoms with Gasteiger partial charge in [0.1, 0.15) is 5.75 Å². The van der Waals surface area contributed by atoms with Gasteiger partial charge < -0.3 is 15.4 Å². The molecule has 0 bridgehead atoms. The van der Waals surface area contributed by atoms with Gasteiger partial charge in [0, 0.05) is 24.5 Å². The monoisotopic (exact) mass is 290 g/mol. The molecule has 1 heterocycles. The third-order valence-electron chi connectivity index (χ3n) is 3.12. The van der Waals surface area contributed by atoms with E-state index < -0.39 is 0 Å². The molecular formula is C16H22N2OS. The Labute approximate surface area is 125 Å². The van der Waals surface area contributed by atoms with Gasteiger partial charge in [0.05, 0.1) is 6.61 Å². The van der Waals surface area contributed by atoms with Crippen LogP contribution in [-0.2, 0) is 13.1 Å². The summed E-state index contributed by atoms with van der Waals surface area (Å²) >= 11 is 1.81. The molecule has 2 N–H and O–H groups in total.